The zero-order chi connectivity index (χ0) is 20.2. The fraction of sp³-hybridized carbons (Fsp3) is 0.550. The van der Waals surface area contributed by atoms with Crippen molar-refractivity contribution in [3.05, 3.63) is 40.1 Å². The van der Waals surface area contributed by atoms with Gasteiger partial charge in [-0.05, 0) is 44.0 Å². The number of carbonyl (C=O) groups excluding carboxylic acids is 1. The first-order chi connectivity index (χ1) is 14.1. The van der Waals surface area contributed by atoms with Crippen molar-refractivity contribution >= 4 is 17.2 Å². The predicted octanol–water partition coefficient (Wildman–Crippen LogP) is 2.26. The maximum atomic E-state index is 13.0. The van der Waals surface area contributed by atoms with Crippen molar-refractivity contribution in [3.8, 4) is 5.75 Å². The molecule has 1 aromatic carbocycles. The van der Waals surface area contributed by atoms with Crippen molar-refractivity contribution in [1.82, 2.24) is 20.0 Å². The van der Waals surface area contributed by atoms with Gasteiger partial charge in [-0.25, -0.2) is 4.39 Å². The van der Waals surface area contributed by atoms with E-state index in [1.807, 2.05) is 11.8 Å². The summed E-state index contributed by atoms with van der Waals surface area (Å²) in [4.78, 5) is 16.7. The highest BCUT2D eigenvalue weighted by Gasteiger charge is 2.34. The number of amides is 1. The van der Waals surface area contributed by atoms with E-state index in [2.05, 4.69) is 15.1 Å². The number of hydrogen-bond donors (Lipinski definition) is 0. The fourth-order valence-corrected chi connectivity index (χ4v) is 4.55. The zero-order valence-corrected chi connectivity index (χ0v) is 17.2. The van der Waals surface area contributed by atoms with Crippen LogP contribution in [0.15, 0.2) is 24.3 Å². The highest BCUT2D eigenvalue weighted by atomic mass is 32.1. The first-order valence-electron chi connectivity index (χ1n) is 9.87. The predicted molar refractivity (Wildman–Crippen MR) is 106 cm³/mol. The summed E-state index contributed by atoms with van der Waals surface area (Å²) in [7, 11) is 0. The number of halogens is 1. The Morgan fingerprint density at radius 2 is 2.00 bits per heavy atom. The number of ether oxygens (including phenoxy) is 2. The Labute approximate surface area is 173 Å². The maximum absolute atomic E-state index is 13.0. The van der Waals surface area contributed by atoms with E-state index in [1.54, 1.807) is 23.5 Å². The third kappa shape index (κ3) is 5.29. The molecule has 1 atom stereocenters. The number of aryl methyl sites for hydroxylation is 1. The third-order valence-corrected chi connectivity index (χ3v) is 6.16. The molecule has 2 aliphatic rings. The molecule has 2 aromatic rings. The second-order valence-corrected chi connectivity index (χ2v) is 8.73. The molecule has 1 aromatic heterocycles. The maximum Gasteiger partial charge on any atom is 0.248 e. The first kappa shape index (κ1) is 20.2. The fourth-order valence-electron chi connectivity index (χ4n) is 3.80. The van der Waals surface area contributed by atoms with E-state index in [0.29, 0.717) is 18.9 Å². The van der Waals surface area contributed by atoms with Gasteiger partial charge in [-0.1, -0.05) is 0 Å². The molecule has 29 heavy (non-hydrogen) atoms. The van der Waals surface area contributed by atoms with Gasteiger partial charge in [-0.3, -0.25) is 9.69 Å². The van der Waals surface area contributed by atoms with Gasteiger partial charge in [0.25, 0.3) is 0 Å². The second-order valence-electron chi connectivity index (χ2n) is 7.47. The smallest absolute Gasteiger partial charge is 0.248 e. The number of piperidine rings is 1. The number of morpholine rings is 1. The van der Waals surface area contributed by atoms with Gasteiger partial charge >= 0.3 is 0 Å². The highest BCUT2D eigenvalue weighted by Crippen LogP contribution is 2.22. The summed E-state index contributed by atoms with van der Waals surface area (Å²) in [6, 6.07) is 6.15. The Balaban J connectivity index is 1.26. The second kappa shape index (κ2) is 9.15. The van der Waals surface area contributed by atoms with Crippen molar-refractivity contribution in [2.45, 2.75) is 38.5 Å². The summed E-state index contributed by atoms with van der Waals surface area (Å²) in [6.07, 6.45) is 1.70. The van der Waals surface area contributed by atoms with E-state index in [9.17, 15) is 9.18 Å². The summed E-state index contributed by atoms with van der Waals surface area (Å²) >= 11 is 1.64. The quantitative estimate of drug-likeness (QED) is 0.714. The minimum Gasteiger partial charge on any atom is -0.491 e. The molecule has 0 spiro atoms. The van der Waals surface area contributed by atoms with Crippen molar-refractivity contribution < 1.29 is 18.7 Å². The van der Waals surface area contributed by atoms with Crippen LogP contribution in [0.3, 0.4) is 0 Å². The number of likely N-dealkylation sites (tertiary alicyclic amines) is 1. The molecule has 1 amide bonds. The molecule has 0 unspecified atom stereocenters. The molecular weight excluding hydrogens is 395 g/mol. The topological polar surface area (TPSA) is 67.8 Å². The van der Waals surface area contributed by atoms with Gasteiger partial charge in [0.2, 0.25) is 5.91 Å². The molecule has 0 bridgehead atoms. The highest BCUT2D eigenvalue weighted by molar-refractivity contribution is 7.11. The van der Waals surface area contributed by atoms with E-state index in [-0.39, 0.29) is 30.5 Å². The number of rotatable bonds is 6. The van der Waals surface area contributed by atoms with Crippen molar-refractivity contribution in [2.24, 2.45) is 0 Å². The van der Waals surface area contributed by atoms with Crippen LogP contribution in [0.4, 0.5) is 4.39 Å². The van der Waals surface area contributed by atoms with Gasteiger partial charge in [0, 0.05) is 19.1 Å². The SMILES string of the molecule is Cc1nnc(CN2CCC(N3C[C@H](COc4ccc(F)cc4)OCC3=O)CC2)s1. The normalized spacial score (nSPS) is 21.5. The Bertz CT molecular complexity index is 823. The Morgan fingerprint density at radius 3 is 2.69 bits per heavy atom. The minimum absolute atomic E-state index is 0.0428. The van der Waals surface area contributed by atoms with Crippen LogP contribution in [0.5, 0.6) is 5.75 Å². The average Bonchev–Trinajstić information content (AvgIpc) is 3.14. The molecule has 0 aliphatic carbocycles. The average molecular weight is 421 g/mol. The standard InChI is InChI=1S/C20H25FN4O3S/c1-14-22-23-19(29-14)11-24-8-6-16(7-9-24)25-10-18(28-13-20(25)26)12-27-17-4-2-15(21)3-5-17/h2-5,16,18H,6-13H2,1H3/t18-/m1/s1. The van der Waals surface area contributed by atoms with Crippen LogP contribution in [0, 0.1) is 12.7 Å². The van der Waals surface area contributed by atoms with Crippen LogP contribution in [0.2, 0.25) is 0 Å². The molecule has 0 N–H and O–H groups in total. The van der Waals surface area contributed by atoms with E-state index >= 15 is 0 Å². The van der Waals surface area contributed by atoms with E-state index < -0.39 is 0 Å². The van der Waals surface area contributed by atoms with Crippen molar-refractivity contribution in [1.29, 1.82) is 0 Å². The molecule has 0 saturated carbocycles. The zero-order valence-electron chi connectivity index (χ0n) is 16.4. The van der Waals surface area contributed by atoms with Gasteiger partial charge in [-0.15, -0.1) is 21.5 Å². The van der Waals surface area contributed by atoms with Crippen LogP contribution in [-0.4, -0.2) is 70.9 Å². The summed E-state index contributed by atoms with van der Waals surface area (Å²) in [5.74, 6) is 0.343. The third-order valence-electron chi connectivity index (χ3n) is 5.34. The molecule has 7 nitrogen and oxygen atoms in total. The molecular formula is C20H25FN4O3S. The van der Waals surface area contributed by atoms with Crippen LogP contribution >= 0.6 is 11.3 Å². The summed E-state index contributed by atoms with van der Waals surface area (Å²) in [6.45, 7) is 5.61. The number of carbonyl (C=O) groups is 1. The molecule has 9 heteroatoms. The molecule has 2 fully saturated rings. The number of hydrogen-bond acceptors (Lipinski definition) is 7. The van der Waals surface area contributed by atoms with E-state index in [0.717, 1.165) is 42.5 Å². The largest absolute Gasteiger partial charge is 0.491 e. The first-order valence-corrected chi connectivity index (χ1v) is 10.7. The molecule has 0 radical (unpaired) electrons. The summed E-state index contributed by atoms with van der Waals surface area (Å²) in [5.41, 5.74) is 0. The van der Waals surface area contributed by atoms with Gasteiger partial charge in [0.15, 0.2) is 0 Å². The van der Waals surface area contributed by atoms with Crippen molar-refractivity contribution in [2.75, 3.05) is 32.8 Å². The Morgan fingerprint density at radius 1 is 1.24 bits per heavy atom. The molecule has 156 valence electrons. The lowest BCUT2D eigenvalue weighted by atomic mass is 10.0. The number of aromatic nitrogens is 2. The molecule has 2 aliphatic heterocycles. The van der Waals surface area contributed by atoms with Gasteiger partial charge in [0.05, 0.1) is 13.1 Å². The summed E-state index contributed by atoms with van der Waals surface area (Å²) < 4.78 is 24.4. The van der Waals surface area contributed by atoms with Crippen molar-refractivity contribution in [3.63, 3.8) is 0 Å². The summed E-state index contributed by atoms with van der Waals surface area (Å²) in [5, 5.41) is 10.3. The van der Waals surface area contributed by atoms with Crippen LogP contribution in [-0.2, 0) is 16.1 Å². The molecule has 2 saturated heterocycles. The van der Waals surface area contributed by atoms with Gasteiger partial charge in [0.1, 0.15) is 40.9 Å². The molecule has 3 heterocycles. The lowest BCUT2D eigenvalue weighted by Crippen LogP contribution is -2.55. The van der Waals surface area contributed by atoms with Gasteiger partial charge in [-0.2, -0.15) is 0 Å². The monoisotopic (exact) mass is 420 g/mol. The molecule has 4 rings (SSSR count). The Hall–Kier alpha value is -2.10. The van der Waals surface area contributed by atoms with Crippen LogP contribution < -0.4 is 4.74 Å². The van der Waals surface area contributed by atoms with E-state index in [4.69, 9.17) is 9.47 Å². The number of nitrogens with zero attached hydrogens (tertiary/aromatic N) is 4. The van der Waals surface area contributed by atoms with E-state index in [1.165, 1.54) is 12.1 Å². The Kier molecular flexibility index (Phi) is 6.37. The number of benzene rings is 1. The lowest BCUT2D eigenvalue weighted by molar-refractivity contribution is -0.155. The van der Waals surface area contributed by atoms with Crippen LogP contribution in [0.1, 0.15) is 22.9 Å². The van der Waals surface area contributed by atoms with Gasteiger partial charge < -0.3 is 14.4 Å². The minimum atomic E-state index is -0.296. The lowest BCUT2D eigenvalue weighted by Gasteiger charge is -2.42. The van der Waals surface area contributed by atoms with Crippen LogP contribution in [0.25, 0.3) is 0 Å².